The molecule has 0 unspecified atom stereocenters. The van der Waals surface area contributed by atoms with E-state index in [2.05, 4.69) is 52.6 Å². The Kier molecular flexibility index (Phi) is 4.90. The number of rotatable bonds is 5. The van der Waals surface area contributed by atoms with Crippen LogP contribution in [-0.4, -0.2) is 34.2 Å². The van der Waals surface area contributed by atoms with Crippen LogP contribution in [0.4, 0.5) is 0 Å². The zero-order valence-corrected chi connectivity index (χ0v) is 14.2. The third-order valence-electron chi connectivity index (χ3n) is 3.71. The van der Waals surface area contributed by atoms with Crippen LogP contribution in [0.1, 0.15) is 44.2 Å². The molecule has 0 saturated carbocycles. The third kappa shape index (κ3) is 3.94. The third-order valence-corrected chi connectivity index (χ3v) is 4.41. The van der Waals surface area contributed by atoms with E-state index in [1.807, 2.05) is 0 Å². The highest BCUT2D eigenvalue weighted by Gasteiger charge is 2.27. The average molecular weight is 321 g/mol. The van der Waals surface area contributed by atoms with Crippen molar-refractivity contribution in [1.29, 1.82) is 0 Å². The highest BCUT2D eigenvalue weighted by Crippen LogP contribution is 2.27. The molecule has 0 amide bonds. The van der Waals surface area contributed by atoms with E-state index in [1.54, 1.807) is 11.3 Å². The summed E-state index contributed by atoms with van der Waals surface area (Å²) in [6.07, 6.45) is 1.20. The zero-order valence-electron chi connectivity index (χ0n) is 13.4. The second-order valence-corrected chi connectivity index (χ2v) is 7.17. The molecule has 2 aromatic rings. The molecule has 3 heterocycles. The molecule has 0 aliphatic carbocycles. The smallest absolute Gasteiger partial charge is 0.240 e. The summed E-state index contributed by atoms with van der Waals surface area (Å²) in [6, 6.07) is 2.14. The van der Waals surface area contributed by atoms with Crippen LogP contribution in [0, 0.1) is 5.92 Å². The van der Waals surface area contributed by atoms with Gasteiger partial charge in [-0.1, -0.05) is 19.0 Å². The minimum Gasteiger partial charge on any atom is -0.368 e. The summed E-state index contributed by atoms with van der Waals surface area (Å²) >= 11 is 1.71. The first-order valence-electron chi connectivity index (χ1n) is 7.81. The van der Waals surface area contributed by atoms with Crippen LogP contribution in [0.2, 0.25) is 0 Å². The number of hydrogen-bond acceptors (Lipinski definition) is 6. The molecule has 22 heavy (non-hydrogen) atoms. The lowest BCUT2D eigenvalue weighted by atomic mass is 10.1. The van der Waals surface area contributed by atoms with E-state index in [0.717, 1.165) is 25.3 Å². The highest BCUT2D eigenvalue weighted by atomic mass is 32.1. The molecule has 1 fully saturated rings. The average Bonchev–Trinajstić information content (AvgIpc) is 3.09. The maximum Gasteiger partial charge on any atom is 0.240 e. The molecule has 5 nitrogen and oxygen atoms in total. The Balaban J connectivity index is 1.63. The van der Waals surface area contributed by atoms with Gasteiger partial charge in [0.1, 0.15) is 0 Å². The number of thiophene rings is 1. The fraction of sp³-hybridized carbons (Fsp3) is 0.625. The van der Waals surface area contributed by atoms with E-state index in [4.69, 9.17) is 9.26 Å². The molecular formula is C16H23N3O2S. The van der Waals surface area contributed by atoms with Gasteiger partial charge in [-0.15, -0.1) is 0 Å². The minimum absolute atomic E-state index is 0.132. The van der Waals surface area contributed by atoms with Crippen molar-refractivity contribution in [2.24, 2.45) is 5.92 Å². The minimum atomic E-state index is 0.132. The van der Waals surface area contributed by atoms with Gasteiger partial charge in [-0.25, -0.2) is 0 Å². The van der Waals surface area contributed by atoms with Crippen LogP contribution in [-0.2, 0) is 17.7 Å². The predicted molar refractivity (Wildman–Crippen MR) is 85.7 cm³/mol. The van der Waals surface area contributed by atoms with Gasteiger partial charge in [0, 0.05) is 19.5 Å². The van der Waals surface area contributed by atoms with Crippen LogP contribution in [0.25, 0.3) is 0 Å². The molecule has 2 aromatic heterocycles. The lowest BCUT2D eigenvalue weighted by Crippen LogP contribution is -2.42. The zero-order chi connectivity index (χ0) is 15.5. The summed E-state index contributed by atoms with van der Waals surface area (Å²) in [5.41, 5.74) is 1.26. The second-order valence-electron chi connectivity index (χ2n) is 6.39. The molecule has 0 bridgehead atoms. The van der Waals surface area contributed by atoms with Crippen molar-refractivity contribution in [3.63, 3.8) is 0 Å². The van der Waals surface area contributed by atoms with Gasteiger partial charge in [0.25, 0.3) is 0 Å². The van der Waals surface area contributed by atoms with Crippen molar-refractivity contribution < 1.29 is 9.26 Å². The van der Waals surface area contributed by atoms with Gasteiger partial charge >= 0.3 is 0 Å². The Hall–Kier alpha value is -1.24. The first-order chi connectivity index (χ1) is 10.6. The Morgan fingerprint density at radius 2 is 2.27 bits per heavy atom. The van der Waals surface area contributed by atoms with Crippen molar-refractivity contribution in [3.8, 4) is 0 Å². The monoisotopic (exact) mass is 321 g/mol. The molecule has 0 aromatic carbocycles. The topological polar surface area (TPSA) is 51.4 Å². The van der Waals surface area contributed by atoms with Crippen LogP contribution >= 0.6 is 11.3 Å². The first-order valence-corrected chi connectivity index (χ1v) is 8.76. The Bertz CT molecular complexity index is 582. The molecule has 0 N–H and O–H groups in total. The van der Waals surface area contributed by atoms with Gasteiger partial charge in [0.15, 0.2) is 5.82 Å². The van der Waals surface area contributed by atoms with E-state index in [0.29, 0.717) is 18.4 Å². The molecule has 1 saturated heterocycles. The lowest BCUT2D eigenvalue weighted by Gasteiger charge is -2.35. The number of hydrogen-bond donors (Lipinski definition) is 0. The van der Waals surface area contributed by atoms with Crippen LogP contribution in [0.15, 0.2) is 21.3 Å². The fourth-order valence-electron chi connectivity index (χ4n) is 2.80. The van der Waals surface area contributed by atoms with Crippen molar-refractivity contribution in [3.05, 3.63) is 34.1 Å². The van der Waals surface area contributed by atoms with Crippen molar-refractivity contribution in [2.45, 2.75) is 45.9 Å². The van der Waals surface area contributed by atoms with Crippen LogP contribution < -0.4 is 0 Å². The fourth-order valence-corrected chi connectivity index (χ4v) is 3.51. The van der Waals surface area contributed by atoms with Gasteiger partial charge in [-0.2, -0.15) is 16.3 Å². The van der Waals surface area contributed by atoms with E-state index in [9.17, 15) is 0 Å². The summed E-state index contributed by atoms with van der Waals surface area (Å²) in [6.45, 7) is 8.88. The van der Waals surface area contributed by atoms with Gasteiger partial charge in [-0.05, 0) is 35.2 Å². The summed E-state index contributed by atoms with van der Waals surface area (Å²) in [5, 5.41) is 8.32. The van der Waals surface area contributed by atoms with Gasteiger partial charge < -0.3 is 9.26 Å². The second kappa shape index (κ2) is 6.89. The van der Waals surface area contributed by atoms with Crippen molar-refractivity contribution in [2.75, 3.05) is 13.1 Å². The van der Waals surface area contributed by atoms with Gasteiger partial charge in [0.05, 0.1) is 18.8 Å². The highest BCUT2D eigenvalue weighted by molar-refractivity contribution is 7.07. The first kappa shape index (κ1) is 15.6. The Morgan fingerprint density at radius 3 is 3.00 bits per heavy atom. The largest absolute Gasteiger partial charge is 0.368 e. The molecule has 2 atom stereocenters. The standard InChI is InChI=1S/C16H23N3O2S/c1-11(2)6-15-17-16(21-18-15)9-19-7-12(3)20-14(8-19)13-4-5-22-10-13/h4-5,10-12,14H,6-9H2,1-3H3/t12-,14-/m1/s1. The normalized spacial score (nSPS) is 23.3. The maximum absolute atomic E-state index is 6.05. The Labute approximate surface area is 135 Å². The van der Waals surface area contributed by atoms with Crippen molar-refractivity contribution >= 4 is 11.3 Å². The summed E-state index contributed by atoms with van der Waals surface area (Å²) in [7, 11) is 0. The van der Waals surface area contributed by atoms with Gasteiger partial charge in [0.2, 0.25) is 5.89 Å². The van der Waals surface area contributed by atoms with E-state index < -0.39 is 0 Å². The quantitative estimate of drug-likeness (QED) is 0.846. The number of nitrogens with zero attached hydrogens (tertiary/aromatic N) is 3. The molecule has 3 rings (SSSR count). The van der Waals surface area contributed by atoms with Gasteiger partial charge in [-0.3, -0.25) is 4.90 Å². The molecule has 0 spiro atoms. The van der Waals surface area contributed by atoms with E-state index >= 15 is 0 Å². The van der Waals surface area contributed by atoms with E-state index in [-0.39, 0.29) is 12.2 Å². The maximum atomic E-state index is 6.05. The van der Waals surface area contributed by atoms with Crippen LogP contribution in [0.5, 0.6) is 0 Å². The summed E-state index contributed by atoms with van der Waals surface area (Å²) in [4.78, 5) is 6.84. The van der Waals surface area contributed by atoms with Crippen molar-refractivity contribution in [1.82, 2.24) is 15.0 Å². The molecular weight excluding hydrogens is 298 g/mol. The predicted octanol–water partition coefficient (Wildman–Crippen LogP) is 3.29. The summed E-state index contributed by atoms with van der Waals surface area (Å²) in [5.74, 6) is 2.05. The summed E-state index contributed by atoms with van der Waals surface area (Å²) < 4.78 is 11.4. The molecule has 0 radical (unpaired) electrons. The molecule has 120 valence electrons. The number of morpholine rings is 1. The lowest BCUT2D eigenvalue weighted by molar-refractivity contribution is -0.0831. The molecule has 1 aliphatic heterocycles. The SMILES string of the molecule is CC(C)Cc1noc(CN2C[C@@H](C)O[C@@H](c3ccsc3)C2)n1. The Morgan fingerprint density at radius 1 is 1.41 bits per heavy atom. The number of ether oxygens (including phenoxy) is 1. The molecule has 1 aliphatic rings. The number of aromatic nitrogens is 2. The van der Waals surface area contributed by atoms with E-state index in [1.165, 1.54) is 5.56 Å². The van der Waals surface area contributed by atoms with Crippen LogP contribution in [0.3, 0.4) is 0 Å². The molecule has 6 heteroatoms.